The van der Waals surface area contributed by atoms with E-state index < -0.39 is 0 Å². The molecule has 6 rings (SSSR count). The molecular weight excluding hydrogens is 662 g/mol. The second kappa shape index (κ2) is 10.1. The topological polar surface area (TPSA) is 69.2 Å². The second-order valence-corrected chi connectivity index (χ2v) is 13.1. The van der Waals surface area contributed by atoms with Gasteiger partial charge in [0.05, 0.1) is 0 Å². The summed E-state index contributed by atoms with van der Waals surface area (Å²) in [6.45, 7) is 5.05. The van der Waals surface area contributed by atoms with Gasteiger partial charge in [-0.15, -0.1) is 0 Å². The Hall–Kier alpha value is -1.12. The molecule has 0 saturated carbocycles. The van der Waals surface area contributed by atoms with Crippen molar-refractivity contribution < 1.29 is 40.2 Å². The molecule has 2 saturated heterocycles. The van der Waals surface area contributed by atoms with E-state index in [2.05, 4.69) is 48.4 Å². The molecule has 2 aromatic rings. The number of pyridine rings is 2. The molecule has 6 heterocycles. The van der Waals surface area contributed by atoms with Crippen LogP contribution in [0.25, 0.3) is 0 Å². The van der Waals surface area contributed by atoms with E-state index in [0.29, 0.717) is 23.9 Å². The first-order chi connectivity index (χ1) is 16.7. The van der Waals surface area contributed by atoms with Gasteiger partial charge in [0.15, 0.2) is 0 Å². The summed E-state index contributed by atoms with van der Waals surface area (Å²) in [5.41, 5.74) is 0. The number of ether oxygens (including phenoxy) is 4. The Balaban J connectivity index is 1.04. The number of rotatable bonds is 7. The Morgan fingerprint density at radius 1 is 0.971 bits per heavy atom. The van der Waals surface area contributed by atoms with Crippen LogP contribution in [-0.4, -0.2) is 73.3 Å². The first-order valence-electron chi connectivity index (χ1n) is 11.8. The van der Waals surface area contributed by atoms with E-state index in [-0.39, 0.29) is 21.2 Å². The average molecular weight is 691 g/mol. The standard InChI is InChI=1S/C24H29I2N4O4/c1-31-10-15-6-17-13-34-22-20(3-5-28-24(22)30(17)8-15)26-14-32-11-16-7-18-12-33-21-19(25)2-4-27-23(21)29(18)9-16/h2-5,15-18H,6-14H2,1H3/q-1/t15-,16-,17-,18-/m0/s1. The van der Waals surface area contributed by atoms with Crippen molar-refractivity contribution in [3.05, 3.63) is 31.7 Å². The Morgan fingerprint density at radius 2 is 1.62 bits per heavy atom. The van der Waals surface area contributed by atoms with Gasteiger partial charge in [-0.1, -0.05) is 0 Å². The van der Waals surface area contributed by atoms with E-state index in [0.717, 1.165) is 83.7 Å². The molecule has 0 radical (unpaired) electrons. The number of methoxy groups -OCH3 is 1. The summed E-state index contributed by atoms with van der Waals surface area (Å²) in [5, 5.41) is 0. The van der Waals surface area contributed by atoms with Gasteiger partial charge in [0.25, 0.3) is 0 Å². The molecule has 8 nitrogen and oxygen atoms in total. The van der Waals surface area contributed by atoms with Crippen molar-refractivity contribution in [2.75, 3.05) is 61.0 Å². The van der Waals surface area contributed by atoms with Crippen LogP contribution in [0.1, 0.15) is 12.8 Å². The van der Waals surface area contributed by atoms with Gasteiger partial charge >= 0.3 is 225 Å². The molecule has 0 aromatic carbocycles. The number of alkyl halides is 1. The fourth-order valence-corrected chi connectivity index (χ4v) is 8.14. The number of hydrogen-bond donors (Lipinski definition) is 0. The summed E-state index contributed by atoms with van der Waals surface area (Å²) in [6.07, 6.45) is 6.02. The summed E-state index contributed by atoms with van der Waals surface area (Å²) in [4.78, 5) is 14.1. The number of hydrogen-bond acceptors (Lipinski definition) is 8. The number of aromatic nitrogens is 2. The zero-order valence-corrected chi connectivity index (χ0v) is 23.5. The van der Waals surface area contributed by atoms with Gasteiger partial charge in [0, 0.05) is 0 Å². The van der Waals surface area contributed by atoms with Crippen LogP contribution in [-0.2, 0) is 9.47 Å². The molecule has 4 aliphatic heterocycles. The van der Waals surface area contributed by atoms with Gasteiger partial charge < -0.3 is 0 Å². The van der Waals surface area contributed by atoms with E-state index in [9.17, 15) is 0 Å². The van der Waals surface area contributed by atoms with E-state index in [1.807, 2.05) is 18.5 Å². The van der Waals surface area contributed by atoms with Crippen molar-refractivity contribution in [3.8, 4) is 11.5 Å². The minimum absolute atomic E-state index is 0.305. The van der Waals surface area contributed by atoms with Crippen molar-refractivity contribution in [2.45, 2.75) is 24.9 Å². The molecule has 0 spiro atoms. The molecule has 0 amide bonds. The Bertz CT molecular complexity index is 1040. The van der Waals surface area contributed by atoms with Crippen molar-refractivity contribution in [1.29, 1.82) is 0 Å². The van der Waals surface area contributed by atoms with Crippen LogP contribution in [0, 0.1) is 19.0 Å². The fourth-order valence-electron chi connectivity index (χ4n) is 5.62. The zero-order valence-electron chi connectivity index (χ0n) is 19.2. The number of anilines is 2. The molecule has 34 heavy (non-hydrogen) atoms. The van der Waals surface area contributed by atoms with Crippen LogP contribution in [0.5, 0.6) is 11.5 Å². The number of fused-ring (bicyclic) bond motifs is 6. The first-order valence-corrected chi connectivity index (χ1v) is 15.5. The van der Waals surface area contributed by atoms with Crippen LogP contribution in [0.2, 0.25) is 0 Å². The van der Waals surface area contributed by atoms with Crippen molar-refractivity contribution >= 4 is 34.2 Å². The maximum atomic E-state index is 6.23. The predicted octanol–water partition coefficient (Wildman–Crippen LogP) is -0.165. The number of halogens is 2. The van der Waals surface area contributed by atoms with E-state index >= 15 is 0 Å². The molecule has 0 N–H and O–H groups in total. The number of nitrogens with zero attached hydrogens (tertiary/aromatic N) is 4. The van der Waals surface area contributed by atoms with Crippen LogP contribution in [0.3, 0.4) is 0 Å². The third kappa shape index (κ3) is 4.43. The summed E-state index contributed by atoms with van der Waals surface area (Å²) >= 11 is 2.02. The van der Waals surface area contributed by atoms with Gasteiger partial charge in [-0.2, -0.15) is 0 Å². The van der Waals surface area contributed by atoms with Gasteiger partial charge in [-0.3, -0.25) is 0 Å². The second-order valence-electron chi connectivity index (χ2n) is 9.40. The zero-order chi connectivity index (χ0) is 23.1. The fraction of sp³-hybridized carbons (Fsp3) is 0.583. The summed E-state index contributed by atoms with van der Waals surface area (Å²) in [6, 6.07) is 4.94. The summed E-state index contributed by atoms with van der Waals surface area (Å²) in [7, 11) is 1.78. The quantitative estimate of drug-likeness (QED) is 0.226. The Kier molecular flexibility index (Phi) is 6.91. The summed E-state index contributed by atoms with van der Waals surface area (Å²) in [5.74, 6) is 4.99. The first kappa shape index (κ1) is 23.3. The molecule has 184 valence electrons. The van der Waals surface area contributed by atoms with Crippen LogP contribution < -0.4 is 40.5 Å². The minimum atomic E-state index is -0.305. The molecule has 0 aliphatic carbocycles. The van der Waals surface area contributed by atoms with Crippen molar-refractivity contribution in [3.63, 3.8) is 0 Å². The SMILES string of the molecule is COC[C@H]1C[C@H]2COc3c([I-]COC[C@H]4C[C@H]5COc6c(I)ccnc6N5C4)ccnc3N2C1. The van der Waals surface area contributed by atoms with E-state index in [4.69, 9.17) is 18.9 Å². The molecule has 2 fully saturated rings. The van der Waals surface area contributed by atoms with E-state index in [1.54, 1.807) is 7.11 Å². The molecule has 0 bridgehead atoms. The monoisotopic (exact) mass is 691 g/mol. The molecule has 0 unspecified atom stereocenters. The van der Waals surface area contributed by atoms with Gasteiger partial charge in [0.2, 0.25) is 0 Å². The van der Waals surface area contributed by atoms with Crippen LogP contribution in [0.15, 0.2) is 24.5 Å². The molecule has 10 heteroatoms. The third-order valence-electron chi connectivity index (χ3n) is 7.09. The Labute approximate surface area is 224 Å². The molecule has 4 aliphatic rings. The normalized spacial score (nSPS) is 27.0. The average Bonchev–Trinajstić information content (AvgIpc) is 3.46. The summed E-state index contributed by atoms with van der Waals surface area (Å²) < 4.78 is 27.1. The van der Waals surface area contributed by atoms with Gasteiger partial charge in [0.1, 0.15) is 0 Å². The molecule has 2 aromatic heterocycles. The predicted molar refractivity (Wildman–Crippen MR) is 132 cm³/mol. The van der Waals surface area contributed by atoms with Gasteiger partial charge in [-0.25, -0.2) is 0 Å². The van der Waals surface area contributed by atoms with Gasteiger partial charge in [-0.05, 0) is 0 Å². The van der Waals surface area contributed by atoms with Crippen LogP contribution >= 0.6 is 22.6 Å². The maximum absolute atomic E-state index is 6.23. The Morgan fingerprint density at radius 3 is 2.35 bits per heavy atom. The van der Waals surface area contributed by atoms with Crippen molar-refractivity contribution in [2.24, 2.45) is 11.8 Å². The van der Waals surface area contributed by atoms with E-state index in [1.165, 1.54) is 3.57 Å². The molecule has 4 atom stereocenters. The van der Waals surface area contributed by atoms with Crippen molar-refractivity contribution in [1.82, 2.24) is 9.97 Å². The molecular formula is C24H29I2N4O4-. The van der Waals surface area contributed by atoms with Crippen LogP contribution in [0.4, 0.5) is 11.6 Å². The third-order valence-corrected chi connectivity index (χ3v) is 10.4.